The Hall–Kier alpha value is -1.82. The monoisotopic (exact) mass is 242 g/mol. The van der Waals surface area contributed by atoms with Gasteiger partial charge < -0.3 is 9.84 Å². The van der Waals surface area contributed by atoms with Gasteiger partial charge in [-0.3, -0.25) is 5.32 Å². The largest absolute Gasteiger partial charge is 0.444 e. The van der Waals surface area contributed by atoms with Crippen LogP contribution in [0.15, 0.2) is 24.5 Å². The highest BCUT2D eigenvalue weighted by Crippen LogP contribution is 2.09. The van der Waals surface area contributed by atoms with E-state index in [4.69, 9.17) is 15.7 Å². The summed E-state index contributed by atoms with van der Waals surface area (Å²) in [5.41, 5.74) is 0.151. The number of hydrogen-bond acceptors (Lipinski definition) is 4. The zero-order valence-electron chi connectivity index (χ0n) is 10.6. The van der Waals surface area contributed by atoms with Crippen molar-refractivity contribution in [3.05, 3.63) is 24.5 Å². The van der Waals surface area contributed by atoms with Crippen molar-refractivity contribution in [1.82, 2.24) is 0 Å². The molecule has 1 aromatic heterocycles. The van der Waals surface area contributed by atoms with Crippen molar-refractivity contribution in [2.75, 3.05) is 18.3 Å². The molecule has 0 radical (unpaired) electrons. The fourth-order valence-electron chi connectivity index (χ4n) is 0.943. The first-order valence-corrected chi connectivity index (χ1v) is 5.08. The number of carbonyl (C=O) groups is 1. The van der Waals surface area contributed by atoms with Crippen LogP contribution in [0.5, 0.6) is 0 Å². The highest BCUT2D eigenvalue weighted by Gasteiger charge is 2.16. The van der Waals surface area contributed by atoms with Crippen LogP contribution in [0.4, 0.5) is 10.5 Å². The molecular formula is C11H20N3O3+. The van der Waals surface area contributed by atoms with Crippen LogP contribution in [0, 0.1) is 0 Å². The summed E-state index contributed by atoms with van der Waals surface area (Å²) in [4.78, 5) is 11.3. The van der Waals surface area contributed by atoms with Gasteiger partial charge >= 0.3 is 6.09 Å². The summed E-state index contributed by atoms with van der Waals surface area (Å²) in [6.45, 7) is 5.43. The van der Waals surface area contributed by atoms with Gasteiger partial charge in [-0.2, -0.15) is 0 Å². The predicted octanol–water partition coefficient (Wildman–Crippen LogP) is 0.643. The standard InChI is InChI=1S/C10H15N3O2.CH4O/c1-10(2,3)15-9(14)12-8-4-6-13(11)7-5-8;1-2/h4-7H,11H2,1-3H3;2H,1H3/p+1. The van der Waals surface area contributed by atoms with Crippen LogP contribution < -0.4 is 15.8 Å². The maximum absolute atomic E-state index is 11.3. The molecule has 17 heavy (non-hydrogen) atoms. The molecule has 1 amide bonds. The molecule has 0 atom stereocenters. The SMILES string of the molecule is CC(C)(C)OC(=O)Nc1cc[n+](N)cc1.CO. The maximum Gasteiger partial charge on any atom is 0.412 e. The minimum Gasteiger partial charge on any atom is -0.444 e. The van der Waals surface area contributed by atoms with Crippen molar-refractivity contribution in [2.24, 2.45) is 0 Å². The van der Waals surface area contributed by atoms with Crippen molar-refractivity contribution in [1.29, 1.82) is 0 Å². The third-order valence-corrected chi connectivity index (χ3v) is 1.50. The Labute approximate surface area is 101 Å². The number of hydrogen-bond donors (Lipinski definition) is 3. The van der Waals surface area contributed by atoms with Gasteiger partial charge in [-0.1, -0.05) is 4.68 Å². The molecular weight excluding hydrogens is 222 g/mol. The Balaban J connectivity index is 0.00000121. The molecule has 0 saturated heterocycles. The molecule has 1 heterocycles. The summed E-state index contributed by atoms with van der Waals surface area (Å²) in [5, 5.41) is 9.60. The van der Waals surface area contributed by atoms with Crippen LogP contribution in [0.1, 0.15) is 20.8 Å². The summed E-state index contributed by atoms with van der Waals surface area (Å²) in [6, 6.07) is 3.37. The van der Waals surface area contributed by atoms with E-state index in [1.54, 1.807) is 24.5 Å². The molecule has 6 heteroatoms. The number of rotatable bonds is 1. The van der Waals surface area contributed by atoms with E-state index in [2.05, 4.69) is 5.32 Å². The van der Waals surface area contributed by atoms with Crippen LogP contribution in [0.2, 0.25) is 0 Å². The molecule has 0 spiro atoms. The van der Waals surface area contributed by atoms with Crippen molar-refractivity contribution in [2.45, 2.75) is 26.4 Å². The second-order valence-electron chi connectivity index (χ2n) is 4.16. The van der Waals surface area contributed by atoms with Crippen molar-refractivity contribution in [3.63, 3.8) is 0 Å². The normalized spacial score (nSPS) is 9.94. The van der Waals surface area contributed by atoms with Crippen LogP contribution >= 0.6 is 0 Å². The summed E-state index contributed by atoms with van der Waals surface area (Å²) >= 11 is 0. The zero-order chi connectivity index (χ0) is 13.5. The zero-order valence-corrected chi connectivity index (χ0v) is 10.6. The van der Waals surface area contributed by atoms with E-state index in [0.717, 1.165) is 7.11 Å². The van der Waals surface area contributed by atoms with E-state index in [0.29, 0.717) is 5.69 Å². The van der Waals surface area contributed by atoms with E-state index in [1.165, 1.54) is 4.68 Å². The van der Waals surface area contributed by atoms with Gasteiger partial charge in [0.25, 0.3) is 0 Å². The number of aliphatic hydroxyl groups is 1. The average molecular weight is 242 g/mol. The molecule has 1 aromatic rings. The Bertz CT molecular complexity index is 344. The molecule has 0 aromatic carbocycles. The van der Waals surface area contributed by atoms with Crippen LogP contribution in [-0.2, 0) is 4.74 Å². The first-order valence-electron chi connectivity index (χ1n) is 5.08. The number of carbonyl (C=O) groups excluding carboxylic acids is 1. The second-order valence-corrected chi connectivity index (χ2v) is 4.16. The van der Waals surface area contributed by atoms with Gasteiger partial charge in [-0.15, -0.1) is 0 Å². The maximum atomic E-state index is 11.3. The third-order valence-electron chi connectivity index (χ3n) is 1.50. The summed E-state index contributed by atoms with van der Waals surface area (Å²) in [6.07, 6.45) is 2.79. The number of nitrogens with one attached hydrogen (secondary N) is 1. The Kier molecular flexibility index (Phi) is 5.98. The number of anilines is 1. The highest BCUT2D eigenvalue weighted by molar-refractivity contribution is 5.84. The number of pyridine rings is 1. The molecule has 1 rings (SSSR count). The van der Waals surface area contributed by atoms with E-state index in [-0.39, 0.29) is 0 Å². The van der Waals surface area contributed by atoms with Gasteiger partial charge in [0, 0.05) is 19.2 Å². The summed E-state index contributed by atoms with van der Waals surface area (Å²) < 4.78 is 6.47. The fourth-order valence-corrected chi connectivity index (χ4v) is 0.943. The first-order chi connectivity index (χ1) is 7.87. The number of aromatic nitrogens is 1. The number of ether oxygens (including phenoxy) is 1. The van der Waals surface area contributed by atoms with Crippen molar-refractivity contribution in [3.8, 4) is 0 Å². The van der Waals surface area contributed by atoms with Crippen LogP contribution in [-0.4, -0.2) is 23.9 Å². The average Bonchev–Trinajstić information content (AvgIpc) is 2.22. The van der Waals surface area contributed by atoms with Crippen molar-refractivity contribution < 1.29 is 19.3 Å². The van der Waals surface area contributed by atoms with E-state index < -0.39 is 11.7 Å². The number of aliphatic hydroxyl groups excluding tert-OH is 1. The topological polar surface area (TPSA) is 88.5 Å². The molecule has 0 aliphatic carbocycles. The Morgan fingerprint density at radius 3 is 2.24 bits per heavy atom. The quantitative estimate of drug-likeness (QED) is 0.498. The van der Waals surface area contributed by atoms with Gasteiger partial charge in [0.05, 0.1) is 5.69 Å². The lowest BCUT2D eigenvalue weighted by Crippen LogP contribution is -2.43. The van der Waals surface area contributed by atoms with Crippen molar-refractivity contribution >= 4 is 11.8 Å². The third kappa shape index (κ3) is 7.13. The predicted molar refractivity (Wildman–Crippen MR) is 64.8 cm³/mol. The van der Waals surface area contributed by atoms with Gasteiger partial charge in [-0.25, -0.2) is 10.6 Å². The first kappa shape index (κ1) is 15.2. The van der Waals surface area contributed by atoms with Crippen LogP contribution in [0.3, 0.4) is 0 Å². The molecule has 0 unspecified atom stereocenters. The van der Waals surface area contributed by atoms with Crippen LogP contribution in [0.25, 0.3) is 0 Å². The lowest BCUT2D eigenvalue weighted by Gasteiger charge is -2.19. The van der Waals surface area contributed by atoms with E-state index in [1.807, 2.05) is 20.8 Å². The summed E-state index contributed by atoms with van der Waals surface area (Å²) in [5.74, 6) is 5.43. The Morgan fingerprint density at radius 2 is 1.82 bits per heavy atom. The lowest BCUT2D eigenvalue weighted by atomic mass is 10.2. The van der Waals surface area contributed by atoms with Gasteiger partial charge in [0.15, 0.2) is 0 Å². The molecule has 6 nitrogen and oxygen atoms in total. The molecule has 0 fully saturated rings. The van der Waals surface area contributed by atoms with Gasteiger partial charge in [0.2, 0.25) is 12.4 Å². The highest BCUT2D eigenvalue weighted by atomic mass is 16.6. The number of nitrogen functional groups attached to an aromatic ring is 1. The second kappa shape index (κ2) is 6.70. The fraction of sp³-hybridized carbons (Fsp3) is 0.455. The van der Waals surface area contributed by atoms with Gasteiger partial charge in [-0.05, 0) is 20.8 Å². The molecule has 0 saturated carbocycles. The minimum absolute atomic E-state index is 0.475. The smallest absolute Gasteiger partial charge is 0.412 e. The van der Waals surface area contributed by atoms with Gasteiger partial charge in [0.1, 0.15) is 5.60 Å². The molecule has 96 valence electrons. The molecule has 0 bridgehead atoms. The molecule has 4 N–H and O–H groups in total. The Morgan fingerprint density at radius 1 is 1.35 bits per heavy atom. The van der Waals surface area contributed by atoms with E-state index in [9.17, 15) is 4.79 Å². The lowest BCUT2D eigenvalue weighted by molar-refractivity contribution is -0.638. The number of amides is 1. The summed E-state index contributed by atoms with van der Waals surface area (Å²) in [7, 11) is 1.00. The molecule has 0 aliphatic heterocycles. The minimum atomic E-state index is -0.493. The van der Waals surface area contributed by atoms with E-state index >= 15 is 0 Å². The number of nitrogens with two attached hydrogens (primary N) is 1. The number of nitrogens with zero attached hydrogens (tertiary/aromatic N) is 1. The molecule has 0 aliphatic rings.